The highest BCUT2D eigenvalue weighted by atomic mass is 35.5. The van der Waals surface area contributed by atoms with Crippen molar-refractivity contribution in [3.05, 3.63) is 105 Å². The van der Waals surface area contributed by atoms with Gasteiger partial charge >= 0.3 is 6.03 Å². The van der Waals surface area contributed by atoms with Crippen LogP contribution in [0.5, 0.6) is 0 Å². The van der Waals surface area contributed by atoms with Gasteiger partial charge in [0.25, 0.3) is 0 Å². The Morgan fingerprint density at radius 2 is 1.89 bits per heavy atom. The molecule has 1 atom stereocenters. The lowest BCUT2D eigenvalue weighted by atomic mass is 10.1. The number of carbonyl (C=O) groups excluding carboxylic acids is 1. The molecule has 188 valence electrons. The largest absolute Gasteiger partial charge is 0.334 e. The number of fused-ring (bicyclic) bond motifs is 1. The molecule has 37 heavy (non-hydrogen) atoms. The van der Waals surface area contributed by atoms with Gasteiger partial charge in [0.2, 0.25) is 0 Å². The lowest BCUT2D eigenvalue weighted by Crippen LogP contribution is -2.39. The first-order valence-corrected chi connectivity index (χ1v) is 12.4. The summed E-state index contributed by atoms with van der Waals surface area (Å²) in [5.74, 6) is -0.0666. The van der Waals surface area contributed by atoms with Crippen LogP contribution in [0.2, 0.25) is 10.2 Å². The molecule has 0 aliphatic rings. The van der Waals surface area contributed by atoms with E-state index in [1.54, 1.807) is 12.1 Å². The van der Waals surface area contributed by atoms with Gasteiger partial charge in [-0.15, -0.1) is 0 Å². The maximum Gasteiger partial charge on any atom is 0.315 e. The van der Waals surface area contributed by atoms with E-state index in [2.05, 4.69) is 25.8 Å². The van der Waals surface area contributed by atoms with Crippen LogP contribution in [-0.4, -0.2) is 26.2 Å². The zero-order chi connectivity index (χ0) is 25.9. The number of hydrogen-bond acceptors (Lipinski definition) is 3. The van der Waals surface area contributed by atoms with E-state index in [4.69, 9.17) is 28.2 Å². The van der Waals surface area contributed by atoms with Crippen LogP contribution in [0.1, 0.15) is 28.7 Å². The Morgan fingerprint density at radius 1 is 1.08 bits per heavy atom. The van der Waals surface area contributed by atoms with Gasteiger partial charge in [-0.25, -0.2) is 14.2 Å². The van der Waals surface area contributed by atoms with Crippen LogP contribution in [0.3, 0.4) is 0 Å². The summed E-state index contributed by atoms with van der Waals surface area (Å²) in [5, 5.41) is 14.3. The Hall–Kier alpha value is -3.88. The lowest BCUT2D eigenvalue weighted by Gasteiger charge is -2.18. The van der Waals surface area contributed by atoms with Gasteiger partial charge in [0.05, 0.1) is 16.6 Å². The van der Waals surface area contributed by atoms with Crippen LogP contribution in [0.4, 0.5) is 9.18 Å². The Balaban J connectivity index is 1.39. The van der Waals surface area contributed by atoms with Crippen molar-refractivity contribution < 1.29 is 9.18 Å². The first-order chi connectivity index (χ1) is 17.9. The van der Waals surface area contributed by atoms with E-state index < -0.39 is 17.9 Å². The second kappa shape index (κ2) is 10.6. The maximum atomic E-state index is 14.2. The van der Waals surface area contributed by atoms with E-state index in [0.29, 0.717) is 23.1 Å². The number of halogens is 3. The molecule has 5 rings (SSSR count). The van der Waals surface area contributed by atoms with E-state index >= 15 is 0 Å². The fourth-order valence-electron chi connectivity index (χ4n) is 4.15. The van der Waals surface area contributed by atoms with Crippen molar-refractivity contribution in [2.45, 2.75) is 25.9 Å². The van der Waals surface area contributed by atoms with Gasteiger partial charge in [0.1, 0.15) is 22.5 Å². The van der Waals surface area contributed by atoms with Crippen LogP contribution in [0.15, 0.2) is 66.7 Å². The van der Waals surface area contributed by atoms with Crippen molar-refractivity contribution in [2.75, 3.05) is 0 Å². The standard InChI is InChI=1S/C27H23Cl2FN6O/c1-15-19-11-10-17(13-21(19)36-35-15)24-25(29)34-26(33-24)22(12-16-6-3-2-4-7-16)32-27(37)31-14-18-8-5-9-20(28)23(18)30/h2-11,13,22H,12,14H2,1H3,(H,33,34)(H,35,36)(H2,31,32,37)/t22-/m0/s1. The van der Waals surface area contributed by atoms with Crippen molar-refractivity contribution in [3.8, 4) is 11.3 Å². The van der Waals surface area contributed by atoms with Crippen LogP contribution in [-0.2, 0) is 13.0 Å². The number of hydrogen-bond donors (Lipinski definition) is 4. The fraction of sp³-hybridized carbons (Fsp3) is 0.148. The highest BCUT2D eigenvalue weighted by Gasteiger charge is 2.22. The molecule has 0 fully saturated rings. The normalized spacial score (nSPS) is 12.0. The Bertz CT molecular complexity index is 1570. The second-order valence-corrected chi connectivity index (χ2v) is 9.43. The monoisotopic (exact) mass is 536 g/mol. The molecule has 0 saturated carbocycles. The molecule has 4 N–H and O–H groups in total. The van der Waals surface area contributed by atoms with E-state index in [9.17, 15) is 9.18 Å². The highest BCUT2D eigenvalue weighted by Crippen LogP contribution is 2.31. The SMILES string of the molecule is Cc1[nH]nc2cc(-c3nc([C@H](Cc4ccccc4)NC(=O)NCc4cccc(Cl)c4F)[nH]c3Cl)ccc12. The molecule has 0 aliphatic heterocycles. The third-order valence-corrected chi connectivity index (χ3v) is 6.65. The first kappa shape index (κ1) is 24.8. The maximum absolute atomic E-state index is 14.2. The molecule has 2 aromatic heterocycles. The minimum absolute atomic E-state index is 0.00241. The molecular formula is C27H23Cl2FN6O. The smallest absolute Gasteiger partial charge is 0.315 e. The minimum Gasteiger partial charge on any atom is -0.334 e. The number of urea groups is 1. The van der Waals surface area contributed by atoms with Crippen molar-refractivity contribution >= 4 is 40.1 Å². The van der Waals surface area contributed by atoms with Gasteiger partial charge < -0.3 is 15.6 Å². The van der Waals surface area contributed by atoms with Gasteiger partial charge in [-0.2, -0.15) is 5.10 Å². The second-order valence-electron chi connectivity index (χ2n) is 8.65. The molecule has 0 bridgehead atoms. The minimum atomic E-state index is -0.558. The molecule has 7 nitrogen and oxygen atoms in total. The number of benzene rings is 3. The van der Waals surface area contributed by atoms with E-state index in [1.807, 2.05) is 55.5 Å². The zero-order valence-electron chi connectivity index (χ0n) is 19.8. The van der Waals surface area contributed by atoms with Crippen molar-refractivity contribution in [2.24, 2.45) is 0 Å². The molecule has 5 aromatic rings. The molecule has 10 heteroatoms. The lowest BCUT2D eigenvalue weighted by molar-refractivity contribution is 0.236. The number of aryl methyl sites for hydroxylation is 1. The summed E-state index contributed by atoms with van der Waals surface area (Å²) in [6.07, 6.45) is 0.459. The average molecular weight is 537 g/mol. The number of carbonyl (C=O) groups is 1. The number of aromatic nitrogens is 4. The summed E-state index contributed by atoms with van der Waals surface area (Å²) in [7, 11) is 0. The van der Waals surface area contributed by atoms with Crippen LogP contribution in [0, 0.1) is 12.7 Å². The number of H-pyrrole nitrogens is 2. The molecule has 0 unspecified atom stereocenters. The molecule has 3 aromatic carbocycles. The number of imidazole rings is 1. The summed E-state index contributed by atoms with van der Waals surface area (Å²) in [6, 6.07) is 19.2. The number of rotatable bonds is 7. The summed E-state index contributed by atoms with van der Waals surface area (Å²) in [6.45, 7) is 1.93. The third-order valence-electron chi connectivity index (χ3n) is 6.09. The number of aromatic amines is 2. The summed E-state index contributed by atoms with van der Waals surface area (Å²) < 4.78 is 14.2. The molecular weight excluding hydrogens is 514 g/mol. The van der Waals surface area contributed by atoms with Crippen molar-refractivity contribution in [1.29, 1.82) is 0 Å². The van der Waals surface area contributed by atoms with E-state index in [0.717, 1.165) is 27.7 Å². The molecule has 2 amide bonds. The van der Waals surface area contributed by atoms with Crippen molar-refractivity contribution in [3.63, 3.8) is 0 Å². The van der Waals surface area contributed by atoms with Gasteiger partial charge in [-0.3, -0.25) is 5.10 Å². The highest BCUT2D eigenvalue weighted by molar-refractivity contribution is 6.32. The first-order valence-electron chi connectivity index (χ1n) is 11.6. The fourth-order valence-corrected chi connectivity index (χ4v) is 4.60. The Labute approximate surface area is 222 Å². The molecule has 0 spiro atoms. The number of amides is 2. The van der Waals surface area contributed by atoms with Gasteiger partial charge in [0.15, 0.2) is 0 Å². The van der Waals surface area contributed by atoms with E-state index in [-0.39, 0.29) is 17.1 Å². The predicted octanol–water partition coefficient (Wildman–Crippen LogP) is 6.49. The topological polar surface area (TPSA) is 98.5 Å². The molecule has 0 radical (unpaired) electrons. The molecule has 0 saturated heterocycles. The Morgan fingerprint density at radius 3 is 2.70 bits per heavy atom. The van der Waals surface area contributed by atoms with Crippen molar-refractivity contribution in [1.82, 2.24) is 30.8 Å². The van der Waals surface area contributed by atoms with Gasteiger partial charge in [-0.05, 0) is 31.0 Å². The zero-order valence-corrected chi connectivity index (χ0v) is 21.3. The summed E-state index contributed by atoms with van der Waals surface area (Å²) >= 11 is 12.4. The molecule has 2 heterocycles. The summed E-state index contributed by atoms with van der Waals surface area (Å²) in [4.78, 5) is 20.7. The van der Waals surface area contributed by atoms with Crippen LogP contribution < -0.4 is 10.6 Å². The van der Waals surface area contributed by atoms with Crippen LogP contribution >= 0.6 is 23.2 Å². The third kappa shape index (κ3) is 5.45. The van der Waals surface area contributed by atoms with Gasteiger partial charge in [0, 0.05) is 28.8 Å². The van der Waals surface area contributed by atoms with E-state index in [1.165, 1.54) is 6.07 Å². The number of nitrogens with one attached hydrogen (secondary N) is 4. The molecule has 0 aliphatic carbocycles. The van der Waals surface area contributed by atoms with Crippen LogP contribution in [0.25, 0.3) is 22.2 Å². The quantitative estimate of drug-likeness (QED) is 0.191. The Kier molecular flexibility index (Phi) is 7.12. The predicted molar refractivity (Wildman–Crippen MR) is 143 cm³/mol. The average Bonchev–Trinajstić information content (AvgIpc) is 3.47. The summed E-state index contributed by atoms with van der Waals surface area (Å²) in [5.41, 5.74) is 4.42. The number of nitrogens with zero attached hydrogens (tertiary/aromatic N) is 2. The van der Waals surface area contributed by atoms with Gasteiger partial charge in [-0.1, -0.05) is 77.8 Å².